The number of nitro benzene ring substituents is 1. The van der Waals surface area contributed by atoms with Crippen LogP contribution < -0.4 is 19.5 Å². The number of carbonyl (C=O) groups excluding carboxylic acids is 1. The number of rotatable bonds is 9. The fourth-order valence-electron chi connectivity index (χ4n) is 2.84. The highest BCUT2D eigenvalue weighted by molar-refractivity contribution is 7.89. The zero-order chi connectivity index (χ0) is 21.6. The fraction of sp³-hybridized carbons (Fsp3) is 0.562. The zero-order valence-corrected chi connectivity index (χ0v) is 17.1. The van der Waals surface area contributed by atoms with E-state index in [0.29, 0.717) is 13.2 Å². The maximum atomic E-state index is 12.6. The van der Waals surface area contributed by atoms with Gasteiger partial charge in [0.25, 0.3) is 5.91 Å². The Bertz CT molecular complexity index is 867. The topological polar surface area (TPSA) is 147 Å². The molecule has 0 spiro atoms. The van der Waals surface area contributed by atoms with Crippen LogP contribution in [0.2, 0.25) is 0 Å². The first kappa shape index (κ1) is 22.6. The Morgan fingerprint density at radius 1 is 1.21 bits per heavy atom. The molecule has 1 saturated heterocycles. The van der Waals surface area contributed by atoms with Crippen molar-refractivity contribution in [3.05, 3.63) is 21.7 Å². The smallest absolute Gasteiger partial charge is 0.327 e. The van der Waals surface area contributed by atoms with E-state index in [2.05, 4.69) is 5.32 Å². The van der Waals surface area contributed by atoms with Gasteiger partial charge in [0, 0.05) is 25.7 Å². The van der Waals surface area contributed by atoms with Gasteiger partial charge >= 0.3 is 5.69 Å². The van der Waals surface area contributed by atoms with Crippen molar-refractivity contribution in [1.29, 1.82) is 0 Å². The van der Waals surface area contributed by atoms with Crippen LogP contribution in [0.25, 0.3) is 0 Å². The maximum absolute atomic E-state index is 12.6. The van der Waals surface area contributed by atoms with Crippen molar-refractivity contribution in [2.75, 3.05) is 59.9 Å². The van der Waals surface area contributed by atoms with E-state index in [1.807, 2.05) is 0 Å². The number of morpholine rings is 1. The summed E-state index contributed by atoms with van der Waals surface area (Å²) in [7, 11) is 0.190. The second-order valence-corrected chi connectivity index (χ2v) is 7.97. The summed E-state index contributed by atoms with van der Waals surface area (Å²) in [5.74, 6) is -1.44. The number of nitro groups is 1. The van der Waals surface area contributed by atoms with Crippen LogP contribution in [0.3, 0.4) is 0 Å². The lowest BCUT2D eigenvalue weighted by Crippen LogP contribution is -2.43. The number of nitrogens with one attached hydrogen (secondary N) is 1. The van der Waals surface area contributed by atoms with Crippen molar-refractivity contribution >= 4 is 21.6 Å². The first-order valence-corrected chi connectivity index (χ1v) is 10.2. The summed E-state index contributed by atoms with van der Waals surface area (Å²) in [4.78, 5) is 23.3. The SMILES string of the molecule is COc1cc(C(=O)NCCS(=O)(=O)N2CCOCC2)c([N+](=O)[O-])c(OC)c1OC. The zero-order valence-electron chi connectivity index (χ0n) is 16.3. The molecule has 1 amide bonds. The summed E-state index contributed by atoms with van der Waals surface area (Å²) in [5.41, 5.74) is -0.952. The summed E-state index contributed by atoms with van der Waals surface area (Å²) in [5, 5.41) is 13.9. The van der Waals surface area contributed by atoms with Crippen molar-refractivity contribution in [1.82, 2.24) is 9.62 Å². The number of carbonyl (C=O) groups is 1. The lowest BCUT2D eigenvalue weighted by Gasteiger charge is -2.26. The van der Waals surface area contributed by atoms with Crippen LogP contribution in [0.15, 0.2) is 6.07 Å². The van der Waals surface area contributed by atoms with Gasteiger partial charge in [-0.3, -0.25) is 14.9 Å². The molecule has 12 nitrogen and oxygen atoms in total. The number of benzene rings is 1. The molecular weight excluding hydrogens is 410 g/mol. The van der Waals surface area contributed by atoms with Gasteiger partial charge in [0.1, 0.15) is 5.56 Å². The molecule has 0 bridgehead atoms. The van der Waals surface area contributed by atoms with Crippen LogP contribution in [0.5, 0.6) is 17.2 Å². The van der Waals surface area contributed by atoms with Crippen molar-refractivity contribution < 1.29 is 37.1 Å². The van der Waals surface area contributed by atoms with Crippen LogP contribution in [0.1, 0.15) is 10.4 Å². The lowest BCUT2D eigenvalue weighted by molar-refractivity contribution is -0.386. The number of hydrogen-bond acceptors (Lipinski definition) is 9. The van der Waals surface area contributed by atoms with Crippen LogP contribution in [0, 0.1) is 10.1 Å². The first-order valence-electron chi connectivity index (χ1n) is 8.58. The Balaban J connectivity index is 2.22. The highest BCUT2D eigenvalue weighted by Gasteiger charge is 2.32. The molecule has 0 aliphatic carbocycles. The average Bonchev–Trinajstić information content (AvgIpc) is 2.72. The number of amides is 1. The van der Waals surface area contributed by atoms with E-state index in [-0.39, 0.29) is 48.2 Å². The maximum Gasteiger partial charge on any atom is 0.327 e. The van der Waals surface area contributed by atoms with Gasteiger partial charge in [-0.1, -0.05) is 0 Å². The third kappa shape index (κ3) is 5.05. The van der Waals surface area contributed by atoms with Crippen molar-refractivity contribution in [3.8, 4) is 17.2 Å². The molecule has 0 saturated carbocycles. The standard InChI is InChI=1S/C16H23N3O9S/c1-25-12-10-11(13(19(21)22)15(27-3)14(12)26-2)16(20)17-4-9-29(23,24)18-5-7-28-8-6-18/h10H,4-9H2,1-3H3,(H,17,20). The van der Waals surface area contributed by atoms with E-state index in [0.717, 1.165) is 6.07 Å². The summed E-state index contributed by atoms with van der Waals surface area (Å²) >= 11 is 0. The predicted molar refractivity (Wildman–Crippen MR) is 101 cm³/mol. The van der Waals surface area contributed by atoms with Crippen LogP contribution in [-0.4, -0.2) is 83.5 Å². The molecule has 2 rings (SSSR count). The van der Waals surface area contributed by atoms with Crippen molar-refractivity contribution in [2.45, 2.75) is 0 Å². The Labute approximate surface area is 167 Å². The Hall–Kier alpha value is -2.64. The van der Waals surface area contributed by atoms with E-state index >= 15 is 0 Å². The van der Waals surface area contributed by atoms with Gasteiger partial charge in [0.15, 0.2) is 5.75 Å². The second-order valence-electron chi connectivity index (χ2n) is 5.88. The number of methoxy groups -OCH3 is 3. The van der Waals surface area contributed by atoms with Gasteiger partial charge in [0.2, 0.25) is 21.5 Å². The van der Waals surface area contributed by atoms with Crippen LogP contribution in [0.4, 0.5) is 5.69 Å². The van der Waals surface area contributed by atoms with Gasteiger partial charge in [-0.15, -0.1) is 0 Å². The molecular formula is C16H23N3O9S. The highest BCUT2D eigenvalue weighted by Crippen LogP contribution is 2.46. The van der Waals surface area contributed by atoms with Crippen LogP contribution in [-0.2, 0) is 14.8 Å². The largest absolute Gasteiger partial charge is 0.493 e. The van der Waals surface area contributed by atoms with Crippen molar-refractivity contribution in [2.24, 2.45) is 0 Å². The molecule has 0 unspecified atom stereocenters. The minimum Gasteiger partial charge on any atom is -0.493 e. The summed E-state index contributed by atoms with van der Waals surface area (Å²) in [6.45, 7) is 0.877. The van der Waals surface area contributed by atoms with Gasteiger partial charge < -0.3 is 24.3 Å². The normalized spacial score (nSPS) is 14.9. The van der Waals surface area contributed by atoms with E-state index in [9.17, 15) is 23.3 Å². The Morgan fingerprint density at radius 3 is 2.34 bits per heavy atom. The third-order valence-electron chi connectivity index (χ3n) is 4.24. The monoisotopic (exact) mass is 433 g/mol. The van der Waals surface area contributed by atoms with Crippen LogP contribution >= 0.6 is 0 Å². The Morgan fingerprint density at radius 2 is 1.83 bits per heavy atom. The molecule has 1 aromatic carbocycles. The molecule has 1 N–H and O–H groups in total. The number of hydrogen-bond donors (Lipinski definition) is 1. The Kier molecular flexibility index (Phi) is 7.59. The third-order valence-corrected chi connectivity index (χ3v) is 6.11. The fourth-order valence-corrected chi connectivity index (χ4v) is 4.16. The van der Waals surface area contributed by atoms with Gasteiger partial charge in [-0.25, -0.2) is 8.42 Å². The minimum absolute atomic E-state index is 0.0341. The van der Waals surface area contributed by atoms with E-state index in [4.69, 9.17) is 18.9 Å². The van der Waals surface area contributed by atoms with E-state index < -0.39 is 26.5 Å². The number of ether oxygens (including phenoxy) is 4. The van der Waals surface area contributed by atoms with Crippen molar-refractivity contribution in [3.63, 3.8) is 0 Å². The molecule has 13 heteroatoms. The summed E-state index contributed by atoms with van der Waals surface area (Å²) in [6.07, 6.45) is 0. The van der Waals surface area contributed by atoms with Gasteiger partial charge in [-0.2, -0.15) is 4.31 Å². The van der Waals surface area contributed by atoms with Gasteiger partial charge in [-0.05, 0) is 0 Å². The molecule has 1 aliphatic rings. The molecule has 1 heterocycles. The molecule has 1 aromatic rings. The molecule has 1 aliphatic heterocycles. The molecule has 0 radical (unpaired) electrons. The first-order chi connectivity index (χ1) is 13.8. The number of nitrogens with zero attached hydrogens (tertiary/aromatic N) is 2. The van der Waals surface area contributed by atoms with E-state index in [1.54, 1.807) is 0 Å². The predicted octanol–water partition coefficient (Wildman–Crippen LogP) is 0.0124. The summed E-state index contributed by atoms with van der Waals surface area (Å²) in [6, 6.07) is 1.14. The quantitative estimate of drug-likeness (QED) is 0.420. The molecule has 29 heavy (non-hydrogen) atoms. The summed E-state index contributed by atoms with van der Waals surface area (Å²) < 4.78 is 46.3. The lowest BCUT2D eigenvalue weighted by atomic mass is 10.1. The molecule has 1 fully saturated rings. The number of sulfonamides is 1. The minimum atomic E-state index is -3.59. The molecule has 0 aromatic heterocycles. The highest BCUT2D eigenvalue weighted by atomic mass is 32.2. The second kappa shape index (κ2) is 9.71. The molecule has 162 valence electrons. The average molecular weight is 433 g/mol. The molecule has 0 atom stereocenters. The van der Waals surface area contributed by atoms with E-state index in [1.165, 1.54) is 25.6 Å². The van der Waals surface area contributed by atoms with Gasteiger partial charge in [0.05, 0.1) is 45.2 Å².